The maximum absolute atomic E-state index is 13.6. The average Bonchev–Trinajstić information content (AvgIpc) is 2.33. The van der Waals surface area contributed by atoms with Gasteiger partial charge in [-0.3, -0.25) is 4.90 Å². The van der Waals surface area contributed by atoms with Crippen LogP contribution in [0, 0.1) is 17.6 Å². The molecule has 4 heteroatoms. The molecule has 0 bridgehead atoms. The summed E-state index contributed by atoms with van der Waals surface area (Å²) in [5.74, 6) is -0.511. The van der Waals surface area contributed by atoms with E-state index in [1.54, 1.807) is 0 Å². The monoisotopic (exact) mass is 254 g/mol. The van der Waals surface area contributed by atoms with Crippen molar-refractivity contribution in [1.82, 2.24) is 4.90 Å². The molecule has 2 nitrogen and oxygen atoms in total. The van der Waals surface area contributed by atoms with Gasteiger partial charge in [-0.1, -0.05) is 6.07 Å². The van der Waals surface area contributed by atoms with E-state index in [1.807, 2.05) is 6.92 Å². The Morgan fingerprint density at radius 2 is 2.22 bits per heavy atom. The van der Waals surface area contributed by atoms with Gasteiger partial charge in [-0.05, 0) is 38.3 Å². The standard InChI is InChI=1S/C14H20F2N2/c1-10(17)11-3-2-6-18(8-11)9-12-4-5-13(15)7-14(12)16/h4-5,7,10-11H,2-3,6,8-9,17H2,1H3. The zero-order valence-corrected chi connectivity index (χ0v) is 10.7. The van der Waals surface area contributed by atoms with Crippen molar-refractivity contribution in [3.8, 4) is 0 Å². The fourth-order valence-electron chi connectivity index (χ4n) is 2.55. The molecule has 2 N–H and O–H groups in total. The molecular weight excluding hydrogens is 234 g/mol. The number of likely N-dealkylation sites (tertiary alicyclic amines) is 1. The van der Waals surface area contributed by atoms with Crippen LogP contribution in [0.2, 0.25) is 0 Å². The Labute approximate surface area is 107 Å². The summed E-state index contributed by atoms with van der Waals surface area (Å²) in [6.45, 7) is 4.41. The van der Waals surface area contributed by atoms with E-state index >= 15 is 0 Å². The molecule has 18 heavy (non-hydrogen) atoms. The van der Waals surface area contributed by atoms with Crippen molar-refractivity contribution in [3.63, 3.8) is 0 Å². The number of nitrogens with two attached hydrogens (primary N) is 1. The van der Waals surface area contributed by atoms with Crippen LogP contribution < -0.4 is 5.73 Å². The van der Waals surface area contributed by atoms with Crippen LogP contribution in [0.4, 0.5) is 8.78 Å². The van der Waals surface area contributed by atoms with Crippen LogP contribution in [0.1, 0.15) is 25.3 Å². The highest BCUT2D eigenvalue weighted by Gasteiger charge is 2.23. The molecule has 1 fully saturated rings. The molecule has 0 aromatic heterocycles. The predicted molar refractivity (Wildman–Crippen MR) is 68.0 cm³/mol. The van der Waals surface area contributed by atoms with Gasteiger partial charge in [0.2, 0.25) is 0 Å². The van der Waals surface area contributed by atoms with Crippen molar-refractivity contribution in [3.05, 3.63) is 35.4 Å². The minimum atomic E-state index is -0.525. The zero-order chi connectivity index (χ0) is 13.1. The van der Waals surface area contributed by atoms with E-state index < -0.39 is 11.6 Å². The maximum atomic E-state index is 13.6. The lowest BCUT2D eigenvalue weighted by atomic mass is 9.92. The van der Waals surface area contributed by atoms with E-state index in [1.165, 1.54) is 12.1 Å². The summed E-state index contributed by atoms with van der Waals surface area (Å²) in [4.78, 5) is 2.20. The topological polar surface area (TPSA) is 29.3 Å². The van der Waals surface area contributed by atoms with E-state index in [2.05, 4.69) is 4.90 Å². The van der Waals surface area contributed by atoms with Crippen LogP contribution in [0.3, 0.4) is 0 Å². The van der Waals surface area contributed by atoms with E-state index in [-0.39, 0.29) is 6.04 Å². The maximum Gasteiger partial charge on any atom is 0.130 e. The summed E-state index contributed by atoms with van der Waals surface area (Å²) in [6, 6.07) is 3.96. The Hall–Kier alpha value is -1.00. The van der Waals surface area contributed by atoms with Crippen molar-refractivity contribution < 1.29 is 8.78 Å². The fraction of sp³-hybridized carbons (Fsp3) is 0.571. The summed E-state index contributed by atoms with van der Waals surface area (Å²) in [5.41, 5.74) is 6.48. The van der Waals surface area contributed by atoms with Crippen molar-refractivity contribution in [2.75, 3.05) is 13.1 Å². The molecule has 0 spiro atoms. The number of nitrogens with zero attached hydrogens (tertiary/aromatic N) is 1. The van der Waals surface area contributed by atoms with Gasteiger partial charge in [0.25, 0.3) is 0 Å². The summed E-state index contributed by atoms with van der Waals surface area (Å²) < 4.78 is 26.4. The van der Waals surface area contributed by atoms with Crippen molar-refractivity contribution >= 4 is 0 Å². The molecule has 1 aromatic rings. The average molecular weight is 254 g/mol. The minimum absolute atomic E-state index is 0.172. The third kappa shape index (κ3) is 3.27. The van der Waals surface area contributed by atoms with E-state index in [4.69, 9.17) is 5.73 Å². The van der Waals surface area contributed by atoms with Gasteiger partial charge in [-0.15, -0.1) is 0 Å². The third-order valence-corrected chi connectivity index (χ3v) is 3.69. The van der Waals surface area contributed by atoms with Gasteiger partial charge in [0.1, 0.15) is 11.6 Å². The van der Waals surface area contributed by atoms with Gasteiger partial charge in [0.15, 0.2) is 0 Å². The highest BCUT2D eigenvalue weighted by atomic mass is 19.1. The van der Waals surface area contributed by atoms with Gasteiger partial charge in [-0.2, -0.15) is 0 Å². The highest BCUT2D eigenvalue weighted by molar-refractivity contribution is 5.18. The number of piperidine rings is 1. The quantitative estimate of drug-likeness (QED) is 0.898. The molecule has 2 atom stereocenters. The van der Waals surface area contributed by atoms with Crippen LogP contribution in [0.5, 0.6) is 0 Å². The second-order valence-corrected chi connectivity index (χ2v) is 5.23. The lowest BCUT2D eigenvalue weighted by Crippen LogP contribution is -2.42. The van der Waals surface area contributed by atoms with Crippen molar-refractivity contribution in [1.29, 1.82) is 0 Å². The molecule has 2 rings (SSSR count). The Bertz CT molecular complexity index is 407. The molecule has 100 valence electrons. The minimum Gasteiger partial charge on any atom is -0.328 e. The van der Waals surface area contributed by atoms with Crippen LogP contribution in [-0.2, 0) is 6.54 Å². The number of halogens is 2. The first kappa shape index (κ1) is 13.4. The smallest absolute Gasteiger partial charge is 0.130 e. The van der Waals surface area contributed by atoms with Crippen molar-refractivity contribution in [2.45, 2.75) is 32.4 Å². The molecule has 1 aliphatic heterocycles. The lowest BCUT2D eigenvalue weighted by molar-refractivity contribution is 0.153. The Morgan fingerprint density at radius 3 is 2.89 bits per heavy atom. The lowest BCUT2D eigenvalue weighted by Gasteiger charge is -2.34. The van der Waals surface area contributed by atoms with Gasteiger partial charge in [0.05, 0.1) is 0 Å². The second-order valence-electron chi connectivity index (χ2n) is 5.23. The Balaban J connectivity index is 2.00. The summed E-state index contributed by atoms with van der Waals surface area (Å²) in [6.07, 6.45) is 2.23. The molecule has 2 unspecified atom stereocenters. The largest absolute Gasteiger partial charge is 0.328 e. The molecule has 1 aliphatic rings. The van der Waals surface area contributed by atoms with E-state index in [0.717, 1.165) is 32.0 Å². The number of hydrogen-bond acceptors (Lipinski definition) is 2. The SMILES string of the molecule is CC(N)C1CCCN(Cc2ccc(F)cc2F)C1. The number of hydrogen-bond donors (Lipinski definition) is 1. The van der Waals surface area contributed by atoms with Crippen LogP contribution >= 0.6 is 0 Å². The molecule has 0 radical (unpaired) electrons. The second kappa shape index (κ2) is 5.76. The van der Waals surface area contributed by atoms with Gasteiger partial charge in [0, 0.05) is 30.8 Å². The van der Waals surface area contributed by atoms with Gasteiger partial charge in [-0.25, -0.2) is 8.78 Å². The first-order valence-corrected chi connectivity index (χ1v) is 6.48. The zero-order valence-electron chi connectivity index (χ0n) is 10.7. The first-order chi connectivity index (χ1) is 8.56. The number of rotatable bonds is 3. The molecule has 0 amide bonds. The van der Waals surface area contributed by atoms with Crippen LogP contribution in [0.15, 0.2) is 18.2 Å². The molecule has 1 aromatic carbocycles. The molecule has 0 saturated carbocycles. The number of benzene rings is 1. The highest BCUT2D eigenvalue weighted by Crippen LogP contribution is 2.21. The first-order valence-electron chi connectivity index (χ1n) is 6.48. The molecule has 0 aliphatic carbocycles. The van der Waals surface area contributed by atoms with Crippen LogP contribution in [0.25, 0.3) is 0 Å². The molecule has 1 heterocycles. The van der Waals surface area contributed by atoms with Gasteiger partial charge < -0.3 is 5.73 Å². The van der Waals surface area contributed by atoms with Crippen molar-refractivity contribution in [2.24, 2.45) is 11.7 Å². The Morgan fingerprint density at radius 1 is 1.44 bits per heavy atom. The molecular formula is C14H20F2N2. The normalized spacial score (nSPS) is 23.0. The van der Waals surface area contributed by atoms with Gasteiger partial charge >= 0.3 is 0 Å². The van der Waals surface area contributed by atoms with E-state index in [0.29, 0.717) is 18.0 Å². The summed E-state index contributed by atoms with van der Waals surface area (Å²) in [5, 5.41) is 0. The fourth-order valence-corrected chi connectivity index (χ4v) is 2.55. The molecule has 1 saturated heterocycles. The van der Waals surface area contributed by atoms with Crippen LogP contribution in [-0.4, -0.2) is 24.0 Å². The Kier molecular flexibility index (Phi) is 4.30. The third-order valence-electron chi connectivity index (χ3n) is 3.69. The van der Waals surface area contributed by atoms with E-state index in [9.17, 15) is 8.78 Å². The summed E-state index contributed by atoms with van der Waals surface area (Å²) in [7, 11) is 0. The predicted octanol–water partition coefficient (Wildman–Crippen LogP) is 2.52. The summed E-state index contributed by atoms with van der Waals surface area (Å²) >= 11 is 0.